The Morgan fingerprint density at radius 2 is 2.00 bits per heavy atom. The van der Waals surface area contributed by atoms with Crippen LogP contribution in [0.2, 0.25) is 0 Å². The number of halogens is 4. The zero-order valence-corrected chi connectivity index (χ0v) is 8.12. The highest BCUT2D eigenvalue weighted by Gasteiger charge is 2.28. The molecule has 0 heterocycles. The third-order valence-electron chi connectivity index (χ3n) is 1.21. The van der Waals surface area contributed by atoms with Gasteiger partial charge in [-0.05, 0) is 12.8 Å². The first kappa shape index (κ1) is 13.5. The molecule has 7 heteroatoms. The zero-order chi connectivity index (χ0) is 11.0. The van der Waals surface area contributed by atoms with Crippen LogP contribution >= 0.6 is 11.6 Å². The molecule has 0 aliphatic heterocycles. The molecule has 0 spiro atoms. The SMILES string of the molecule is O=C(CCCCCl)NOCC(F)(F)F. The van der Waals surface area contributed by atoms with Gasteiger partial charge in [-0.25, -0.2) is 5.48 Å². The Hall–Kier alpha value is -0.490. The Balaban J connectivity index is 3.36. The molecule has 0 aromatic carbocycles. The Morgan fingerprint density at radius 1 is 1.36 bits per heavy atom. The maximum Gasteiger partial charge on any atom is 0.414 e. The molecule has 84 valence electrons. The van der Waals surface area contributed by atoms with Crippen molar-refractivity contribution in [2.24, 2.45) is 0 Å². The first-order chi connectivity index (χ1) is 6.45. The predicted molar refractivity (Wildman–Crippen MR) is 44.7 cm³/mol. The predicted octanol–water partition coefficient (Wildman–Crippen LogP) is 2.01. The van der Waals surface area contributed by atoms with Crippen molar-refractivity contribution in [1.82, 2.24) is 5.48 Å². The standard InChI is InChI=1S/C7H11ClF3NO2/c8-4-2-1-3-6(13)12-14-5-7(9,10)11/h1-5H2,(H,12,13). The van der Waals surface area contributed by atoms with Gasteiger partial charge in [0.15, 0.2) is 6.61 Å². The van der Waals surface area contributed by atoms with Gasteiger partial charge in [-0.1, -0.05) is 0 Å². The Kier molecular flexibility index (Phi) is 6.65. The summed E-state index contributed by atoms with van der Waals surface area (Å²) in [6.07, 6.45) is -3.13. The molecule has 1 N–H and O–H groups in total. The number of carbonyl (C=O) groups excluding carboxylic acids is 1. The molecule has 1 amide bonds. The molecular weight excluding hydrogens is 223 g/mol. The lowest BCUT2D eigenvalue weighted by Gasteiger charge is -2.07. The Morgan fingerprint density at radius 3 is 2.50 bits per heavy atom. The number of unbranched alkanes of at least 4 members (excludes halogenated alkanes) is 1. The summed E-state index contributed by atoms with van der Waals surface area (Å²) in [5.74, 6) is -0.143. The van der Waals surface area contributed by atoms with E-state index in [-0.39, 0.29) is 6.42 Å². The third-order valence-corrected chi connectivity index (χ3v) is 1.48. The van der Waals surface area contributed by atoms with Crippen molar-refractivity contribution in [1.29, 1.82) is 0 Å². The third kappa shape index (κ3) is 9.60. The fraction of sp³-hybridized carbons (Fsp3) is 0.857. The van der Waals surface area contributed by atoms with Gasteiger partial charge in [0.25, 0.3) is 0 Å². The van der Waals surface area contributed by atoms with Crippen molar-refractivity contribution >= 4 is 17.5 Å². The molecule has 0 unspecified atom stereocenters. The van der Waals surface area contributed by atoms with Gasteiger partial charge in [0.2, 0.25) is 5.91 Å². The Labute approximate surface area is 84.5 Å². The monoisotopic (exact) mass is 233 g/mol. The number of carbonyl (C=O) groups is 1. The van der Waals surface area contributed by atoms with E-state index in [0.29, 0.717) is 18.7 Å². The molecule has 0 saturated carbocycles. The van der Waals surface area contributed by atoms with Crippen LogP contribution in [0.3, 0.4) is 0 Å². The van der Waals surface area contributed by atoms with E-state index in [2.05, 4.69) is 4.84 Å². The number of rotatable bonds is 6. The van der Waals surface area contributed by atoms with E-state index in [1.165, 1.54) is 0 Å². The molecule has 0 rings (SSSR count). The number of nitrogens with one attached hydrogen (secondary N) is 1. The largest absolute Gasteiger partial charge is 0.414 e. The summed E-state index contributed by atoms with van der Waals surface area (Å²) < 4.78 is 34.6. The summed E-state index contributed by atoms with van der Waals surface area (Å²) in [6.45, 7) is -1.48. The van der Waals surface area contributed by atoms with Crippen LogP contribution in [0, 0.1) is 0 Å². The van der Waals surface area contributed by atoms with Crippen molar-refractivity contribution in [3.05, 3.63) is 0 Å². The highest BCUT2D eigenvalue weighted by molar-refractivity contribution is 6.17. The van der Waals surface area contributed by atoms with Gasteiger partial charge in [0, 0.05) is 12.3 Å². The second-order valence-electron chi connectivity index (χ2n) is 2.58. The van der Waals surface area contributed by atoms with Gasteiger partial charge in [-0.15, -0.1) is 11.6 Å². The number of hydrogen-bond donors (Lipinski definition) is 1. The van der Waals surface area contributed by atoms with Gasteiger partial charge < -0.3 is 0 Å². The molecule has 0 aliphatic rings. The first-order valence-electron chi connectivity index (χ1n) is 3.99. The molecule has 3 nitrogen and oxygen atoms in total. The maximum absolute atomic E-state index is 11.5. The van der Waals surface area contributed by atoms with Crippen LogP contribution in [0.25, 0.3) is 0 Å². The minimum atomic E-state index is -4.43. The molecule has 0 aromatic heterocycles. The summed E-state index contributed by atoms with van der Waals surface area (Å²) >= 11 is 5.34. The van der Waals surface area contributed by atoms with E-state index in [4.69, 9.17) is 11.6 Å². The minimum Gasteiger partial charge on any atom is -0.273 e. The maximum atomic E-state index is 11.5. The second-order valence-corrected chi connectivity index (χ2v) is 2.95. The quantitative estimate of drug-likeness (QED) is 0.433. The summed E-state index contributed by atoms with van der Waals surface area (Å²) in [4.78, 5) is 14.7. The average molecular weight is 234 g/mol. The summed E-state index contributed by atoms with van der Waals surface area (Å²) in [6, 6.07) is 0. The van der Waals surface area contributed by atoms with Gasteiger partial charge in [0.05, 0.1) is 0 Å². The van der Waals surface area contributed by atoms with Crippen LogP contribution in [0.1, 0.15) is 19.3 Å². The van der Waals surface area contributed by atoms with E-state index in [0.717, 1.165) is 0 Å². The minimum absolute atomic E-state index is 0.116. The lowest BCUT2D eigenvalue weighted by atomic mass is 10.2. The smallest absolute Gasteiger partial charge is 0.273 e. The van der Waals surface area contributed by atoms with Crippen LogP contribution in [0.15, 0.2) is 0 Å². The molecule has 0 fully saturated rings. The van der Waals surface area contributed by atoms with E-state index >= 15 is 0 Å². The fourth-order valence-corrected chi connectivity index (χ4v) is 0.818. The van der Waals surface area contributed by atoms with E-state index < -0.39 is 18.7 Å². The van der Waals surface area contributed by atoms with Gasteiger partial charge >= 0.3 is 6.18 Å². The van der Waals surface area contributed by atoms with E-state index in [1.807, 2.05) is 0 Å². The fourth-order valence-electron chi connectivity index (χ4n) is 0.629. The number of alkyl halides is 4. The molecule has 0 aliphatic carbocycles. The topological polar surface area (TPSA) is 38.3 Å². The van der Waals surface area contributed by atoms with Crippen LogP contribution < -0.4 is 5.48 Å². The number of amides is 1. The molecule has 14 heavy (non-hydrogen) atoms. The zero-order valence-electron chi connectivity index (χ0n) is 7.36. The highest BCUT2D eigenvalue weighted by Crippen LogP contribution is 2.13. The van der Waals surface area contributed by atoms with Gasteiger partial charge in [-0.3, -0.25) is 9.63 Å². The van der Waals surface area contributed by atoms with Crippen molar-refractivity contribution in [2.45, 2.75) is 25.4 Å². The average Bonchev–Trinajstić information content (AvgIpc) is 2.02. The molecule has 0 aromatic rings. The summed E-state index contributed by atoms with van der Waals surface area (Å²) in [5, 5.41) is 0. The van der Waals surface area contributed by atoms with Crippen molar-refractivity contribution in [2.75, 3.05) is 12.5 Å². The van der Waals surface area contributed by atoms with Crippen LogP contribution in [0.5, 0.6) is 0 Å². The normalized spacial score (nSPS) is 11.4. The van der Waals surface area contributed by atoms with Crippen LogP contribution in [0.4, 0.5) is 13.2 Å². The summed E-state index contributed by atoms with van der Waals surface area (Å²) in [5.41, 5.74) is 1.70. The number of hydroxylamine groups is 1. The number of hydrogen-bond acceptors (Lipinski definition) is 2. The lowest BCUT2D eigenvalue weighted by Crippen LogP contribution is -2.29. The molecular formula is C7H11ClF3NO2. The van der Waals surface area contributed by atoms with E-state index in [1.54, 1.807) is 5.48 Å². The summed E-state index contributed by atoms with van der Waals surface area (Å²) in [7, 11) is 0. The Bertz CT molecular complexity index is 175. The van der Waals surface area contributed by atoms with Crippen molar-refractivity contribution < 1.29 is 22.8 Å². The van der Waals surface area contributed by atoms with E-state index in [9.17, 15) is 18.0 Å². The van der Waals surface area contributed by atoms with Crippen molar-refractivity contribution in [3.8, 4) is 0 Å². The molecule has 0 saturated heterocycles. The van der Waals surface area contributed by atoms with Crippen molar-refractivity contribution in [3.63, 3.8) is 0 Å². The van der Waals surface area contributed by atoms with Crippen LogP contribution in [-0.2, 0) is 9.63 Å². The van der Waals surface area contributed by atoms with Gasteiger partial charge in [0.1, 0.15) is 0 Å². The lowest BCUT2D eigenvalue weighted by molar-refractivity contribution is -0.191. The molecule has 0 bridgehead atoms. The van der Waals surface area contributed by atoms with Gasteiger partial charge in [-0.2, -0.15) is 13.2 Å². The molecule has 0 atom stereocenters. The second kappa shape index (κ2) is 6.89. The van der Waals surface area contributed by atoms with Crippen LogP contribution in [-0.4, -0.2) is 24.6 Å². The first-order valence-corrected chi connectivity index (χ1v) is 4.52. The molecule has 0 radical (unpaired) electrons. The highest BCUT2D eigenvalue weighted by atomic mass is 35.5.